The van der Waals surface area contributed by atoms with E-state index in [4.69, 9.17) is 14.5 Å². The van der Waals surface area contributed by atoms with Crippen molar-refractivity contribution in [3.05, 3.63) is 29.8 Å². The zero-order valence-corrected chi connectivity index (χ0v) is 13.3. The van der Waals surface area contributed by atoms with Crippen LogP contribution in [0.25, 0.3) is 0 Å². The number of nitriles is 1. The molecule has 1 heterocycles. The van der Waals surface area contributed by atoms with Crippen LogP contribution in [0.3, 0.4) is 0 Å². The number of benzene rings is 1. The molecule has 0 aliphatic carbocycles. The van der Waals surface area contributed by atoms with Crippen LogP contribution in [0.4, 0.5) is 0 Å². The van der Waals surface area contributed by atoms with Gasteiger partial charge < -0.3 is 9.26 Å². The second-order valence-corrected chi connectivity index (χ2v) is 7.69. The van der Waals surface area contributed by atoms with Gasteiger partial charge >= 0.3 is 0 Å². The fraction of sp³-hybridized carbons (Fsp3) is 0.562. The summed E-state index contributed by atoms with van der Waals surface area (Å²) in [5, 5.41) is 8.78. The fourth-order valence-electron chi connectivity index (χ4n) is 2.24. The van der Waals surface area contributed by atoms with E-state index in [9.17, 15) is 0 Å². The zero-order valence-electron chi connectivity index (χ0n) is 12.4. The third kappa shape index (κ3) is 4.20. The third-order valence-electron chi connectivity index (χ3n) is 3.37. The van der Waals surface area contributed by atoms with Gasteiger partial charge in [-0.2, -0.15) is 5.26 Å². The van der Waals surface area contributed by atoms with Crippen LogP contribution in [0, 0.1) is 23.2 Å². The molecule has 0 bridgehead atoms. The average Bonchev–Trinajstić information content (AvgIpc) is 2.77. The van der Waals surface area contributed by atoms with E-state index in [2.05, 4.69) is 26.8 Å². The molecule has 0 saturated carbocycles. The Morgan fingerprint density at radius 1 is 1.30 bits per heavy atom. The lowest BCUT2D eigenvalue weighted by Crippen LogP contribution is -2.22. The Labute approximate surface area is 122 Å². The third-order valence-corrected chi connectivity index (χ3v) is 5.59. The Kier molecular flexibility index (Phi) is 5.40. The number of ether oxygens (including phenoxy) is 1. The molecule has 0 radical (unpaired) electrons. The molecule has 108 valence electrons. The number of rotatable bonds is 5. The summed E-state index contributed by atoms with van der Waals surface area (Å²) in [5.74, 6) is 2.01. The predicted molar refractivity (Wildman–Crippen MR) is 82.2 cm³/mol. The Morgan fingerprint density at radius 3 is 2.60 bits per heavy atom. The fourth-order valence-corrected chi connectivity index (χ4v) is 4.70. The van der Waals surface area contributed by atoms with Crippen LogP contribution in [0.2, 0.25) is 0 Å². The van der Waals surface area contributed by atoms with E-state index >= 15 is 0 Å². The molecule has 3 nitrogen and oxygen atoms in total. The van der Waals surface area contributed by atoms with E-state index in [1.54, 1.807) is 12.1 Å². The van der Waals surface area contributed by atoms with E-state index in [1.807, 2.05) is 12.1 Å². The minimum atomic E-state index is -0.453. The highest BCUT2D eigenvalue weighted by Crippen LogP contribution is 2.48. The molecule has 3 atom stereocenters. The standard InChI is InChI=1S/C16H22NO2P/c1-12(2)9-18-16-11-20(10-13(16)3)19-15-6-4-14(8-17)5-7-15/h4-7,12-13,16H,9-11H2,1-3H3. The van der Waals surface area contributed by atoms with Crippen LogP contribution in [0.1, 0.15) is 26.3 Å². The Morgan fingerprint density at radius 2 is 2.00 bits per heavy atom. The van der Waals surface area contributed by atoms with Crippen molar-refractivity contribution in [3.63, 3.8) is 0 Å². The molecule has 1 saturated heterocycles. The first-order chi connectivity index (χ1) is 9.58. The van der Waals surface area contributed by atoms with Gasteiger partial charge in [0.05, 0.1) is 25.9 Å². The molecule has 1 aromatic rings. The van der Waals surface area contributed by atoms with Gasteiger partial charge in [-0.1, -0.05) is 20.8 Å². The SMILES string of the molecule is CC(C)COC1CP(Oc2ccc(C#N)cc2)CC1C. The van der Waals surface area contributed by atoms with Gasteiger partial charge in [-0.3, -0.25) is 0 Å². The molecule has 1 fully saturated rings. The summed E-state index contributed by atoms with van der Waals surface area (Å²) >= 11 is 0. The van der Waals surface area contributed by atoms with E-state index in [0.29, 0.717) is 23.5 Å². The molecule has 0 amide bonds. The van der Waals surface area contributed by atoms with Gasteiger partial charge in [0.25, 0.3) is 0 Å². The van der Waals surface area contributed by atoms with Gasteiger partial charge in [-0.15, -0.1) is 0 Å². The van der Waals surface area contributed by atoms with Gasteiger partial charge in [0.1, 0.15) is 5.75 Å². The molecule has 2 rings (SSSR count). The maximum Gasteiger partial charge on any atom is 0.123 e. The molecule has 3 unspecified atom stereocenters. The highest BCUT2D eigenvalue weighted by Gasteiger charge is 2.34. The lowest BCUT2D eigenvalue weighted by Gasteiger charge is -2.17. The van der Waals surface area contributed by atoms with E-state index in [-0.39, 0.29) is 0 Å². The quantitative estimate of drug-likeness (QED) is 0.769. The average molecular weight is 291 g/mol. The van der Waals surface area contributed by atoms with Crippen molar-refractivity contribution >= 4 is 8.15 Å². The lowest BCUT2D eigenvalue weighted by molar-refractivity contribution is 0.0284. The molecule has 1 aliphatic rings. The van der Waals surface area contributed by atoms with Crippen molar-refractivity contribution in [2.45, 2.75) is 26.9 Å². The van der Waals surface area contributed by atoms with Crippen LogP contribution >= 0.6 is 8.15 Å². The van der Waals surface area contributed by atoms with Gasteiger partial charge in [0.2, 0.25) is 0 Å². The van der Waals surface area contributed by atoms with E-state index < -0.39 is 8.15 Å². The van der Waals surface area contributed by atoms with Gasteiger partial charge in [-0.05, 0) is 36.1 Å². The topological polar surface area (TPSA) is 42.2 Å². The van der Waals surface area contributed by atoms with Crippen molar-refractivity contribution in [3.8, 4) is 11.8 Å². The van der Waals surface area contributed by atoms with Crippen molar-refractivity contribution in [1.82, 2.24) is 0 Å². The van der Waals surface area contributed by atoms with Crippen LogP contribution in [-0.4, -0.2) is 25.0 Å². The Bertz CT molecular complexity index is 466. The number of hydrogen-bond acceptors (Lipinski definition) is 3. The first kappa shape index (κ1) is 15.3. The molecule has 0 N–H and O–H groups in total. The second-order valence-electron chi connectivity index (χ2n) is 5.82. The van der Waals surface area contributed by atoms with Crippen molar-refractivity contribution in [1.29, 1.82) is 5.26 Å². The van der Waals surface area contributed by atoms with Crippen molar-refractivity contribution in [2.24, 2.45) is 11.8 Å². The highest BCUT2D eigenvalue weighted by atomic mass is 31.1. The van der Waals surface area contributed by atoms with Gasteiger partial charge in [-0.25, -0.2) is 0 Å². The highest BCUT2D eigenvalue weighted by molar-refractivity contribution is 7.53. The molecular weight excluding hydrogens is 269 g/mol. The lowest BCUT2D eigenvalue weighted by atomic mass is 10.1. The Balaban J connectivity index is 1.86. The molecule has 1 aromatic carbocycles. The summed E-state index contributed by atoms with van der Waals surface area (Å²) in [5.41, 5.74) is 0.670. The summed E-state index contributed by atoms with van der Waals surface area (Å²) < 4.78 is 12.0. The summed E-state index contributed by atoms with van der Waals surface area (Å²) in [4.78, 5) is 0. The summed E-state index contributed by atoms with van der Waals surface area (Å²) in [6, 6.07) is 9.49. The number of hydrogen-bond donors (Lipinski definition) is 0. The minimum Gasteiger partial charge on any atom is -0.474 e. The van der Waals surface area contributed by atoms with Crippen molar-refractivity contribution < 1.29 is 9.26 Å². The summed E-state index contributed by atoms with van der Waals surface area (Å²) in [7, 11) is -0.453. The number of nitrogens with zero attached hydrogens (tertiary/aromatic N) is 1. The molecule has 20 heavy (non-hydrogen) atoms. The monoisotopic (exact) mass is 291 g/mol. The van der Waals surface area contributed by atoms with Gasteiger partial charge in [0.15, 0.2) is 0 Å². The summed E-state index contributed by atoms with van der Waals surface area (Å²) in [6.45, 7) is 7.43. The van der Waals surface area contributed by atoms with Crippen LogP contribution in [0.5, 0.6) is 5.75 Å². The zero-order chi connectivity index (χ0) is 14.5. The maximum absolute atomic E-state index is 8.78. The minimum absolute atomic E-state index is 0.335. The second kappa shape index (κ2) is 7.07. The smallest absolute Gasteiger partial charge is 0.123 e. The molecule has 0 spiro atoms. The molecule has 1 aliphatic heterocycles. The molecule has 0 aromatic heterocycles. The first-order valence-electron chi connectivity index (χ1n) is 7.13. The van der Waals surface area contributed by atoms with Crippen LogP contribution in [-0.2, 0) is 4.74 Å². The normalized spacial score (nSPS) is 25.6. The molecular formula is C16H22NO2P. The van der Waals surface area contributed by atoms with E-state index in [1.165, 1.54) is 0 Å². The summed E-state index contributed by atoms with van der Waals surface area (Å²) in [6.07, 6.45) is 2.45. The van der Waals surface area contributed by atoms with Crippen LogP contribution in [0.15, 0.2) is 24.3 Å². The van der Waals surface area contributed by atoms with Crippen molar-refractivity contribution in [2.75, 3.05) is 18.9 Å². The largest absolute Gasteiger partial charge is 0.474 e. The first-order valence-corrected chi connectivity index (χ1v) is 8.76. The Hall–Kier alpha value is -1.10. The maximum atomic E-state index is 8.78. The van der Waals surface area contributed by atoms with Crippen LogP contribution < -0.4 is 4.52 Å². The predicted octanol–water partition coefficient (Wildman–Crippen LogP) is 4.02. The molecule has 4 heteroatoms. The van der Waals surface area contributed by atoms with E-state index in [0.717, 1.165) is 24.7 Å². The van der Waals surface area contributed by atoms with Gasteiger partial charge in [0, 0.05) is 18.9 Å².